The van der Waals surface area contributed by atoms with Crippen molar-refractivity contribution in [3.05, 3.63) is 27.7 Å². The minimum absolute atomic E-state index is 0.0379. The van der Waals surface area contributed by atoms with Gasteiger partial charge in [0.1, 0.15) is 11.8 Å². The number of ether oxygens (including phenoxy) is 1. The van der Waals surface area contributed by atoms with Crippen LogP contribution in [0.1, 0.15) is 25.8 Å². The van der Waals surface area contributed by atoms with Crippen molar-refractivity contribution >= 4 is 23.2 Å². The van der Waals surface area contributed by atoms with Crippen molar-refractivity contribution in [3.63, 3.8) is 0 Å². The molecule has 2 unspecified atom stereocenters. The van der Waals surface area contributed by atoms with Crippen LogP contribution in [-0.4, -0.2) is 12.1 Å². The topological polar surface area (TPSA) is 59.0 Å². The fraction of sp³-hybridized carbons (Fsp3) is 0.462. The number of nitrogens with zero attached hydrogens (tertiary/aromatic N) is 1. The fourth-order valence-corrected chi connectivity index (χ4v) is 2.17. The molecule has 0 saturated heterocycles. The smallest absolute Gasteiger partial charge is 0.184 e. The number of halogens is 2. The Labute approximate surface area is 117 Å². The van der Waals surface area contributed by atoms with Gasteiger partial charge in [0.2, 0.25) is 0 Å². The van der Waals surface area contributed by atoms with Crippen LogP contribution in [0.25, 0.3) is 0 Å². The molecule has 2 N–H and O–H groups in total. The van der Waals surface area contributed by atoms with Gasteiger partial charge in [0.05, 0.1) is 5.02 Å². The van der Waals surface area contributed by atoms with E-state index in [9.17, 15) is 0 Å². The Bertz CT molecular complexity index is 455. The third-order valence-corrected chi connectivity index (χ3v) is 2.90. The molecule has 0 fully saturated rings. The van der Waals surface area contributed by atoms with Crippen molar-refractivity contribution in [2.24, 2.45) is 5.73 Å². The van der Waals surface area contributed by atoms with Gasteiger partial charge in [0.25, 0.3) is 0 Å². The maximum absolute atomic E-state index is 8.94. The molecule has 0 radical (unpaired) electrons. The molecule has 0 bridgehead atoms. The molecule has 5 heteroatoms. The van der Waals surface area contributed by atoms with E-state index in [-0.39, 0.29) is 6.04 Å². The molecule has 0 amide bonds. The molecule has 0 aliphatic carbocycles. The second-order valence-electron chi connectivity index (χ2n) is 4.20. The van der Waals surface area contributed by atoms with Gasteiger partial charge >= 0.3 is 0 Å². The fourth-order valence-electron chi connectivity index (χ4n) is 1.59. The van der Waals surface area contributed by atoms with Gasteiger partial charge in [-0.05, 0) is 37.5 Å². The number of benzene rings is 1. The van der Waals surface area contributed by atoms with Crippen LogP contribution in [0.2, 0.25) is 10.0 Å². The Morgan fingerprint density at radius 1 is 1.44 bits per heavy atom. The van der Waals surface area contributed by atoms with Gasteiger partial charge in [0.15, 0.2) is 6.10 Å². The van der Waals surface area contributed by atoms with E-state index in [4.69, 9.17) is 38.9 Å². The van der Waals surface area contributed by atoms with Crippen LogP contribution >= 0.6 is 23.2 Å². The summed E-state index contributed by atoms with van der Waals surface area (Å²) in [5.41, 5.74) is 6.61. The average Bonchev–Trinajstić information content (AvgIpc) is 2.27. The molecule has 0 aliphatic rings. The highest BCUT2D eigenvalue weighted by Crippen LogP contribution is 2.34. The number of rotatable bonds is 5. The van der Waals surface area contributed by atoms with E-state index in [0.29, 0.717) is 28.6 Å². The van der Waals surface area contributed by atoms with Crippen molar-refractivity contribution in [1.29, 1.82) is 5.26 Å². The molecule has 0 spiro atoms. The number of nitrogens with two attached hydrogens (primary N) is 1. The SMILES string of the molecule is CCC(C#N)Oc1c(Cl)cc(Cl)cc1CC(C)N. The Morgan fingerprint density at radius 3 is 2.61 bits per heavy atom. The standard InChI is InChI=1S/C13H16Cl2N2O/c1-3-11(7-16)18-13-9(4-8(2)17)5-10(14)6-12(13)15/h5-6,8,11H,3-4,17H2,1-2H3. The van der Waals surface area contributed by atoms with E-state index in [2.05, 4.69) is 6.07 Å². The van der Waals surface area contributed by atoms with E-state index >= 15 is 0 Å². The molecular formula is C13H16Cl2N2O. The highest BCUT2D eigenvalue weighted by molar-refractivity contribution is 6.35. The van der Waals surface area contributed by atoms with Crippen molar-refractivity contribution in [1.82, 2.24) is 0 Å². The van der Waals surface area contributed by atoms with Crippen LogP contribution in [0, 0.1) is 11.3 Å². The van der Waals surface area contributed by atoms with Crippen molar-refractivity contribution in [2.45, 2.75) is 38.8 Å². The van der Waals surface area contributed by atoms with Gasteiger partial charge in [0, 0.05) is 11.1 Å². The first kappa shape index (κ1) is 15.1. The molecule has 2 atom stereocenters. The predicted molar refractivity (Wildman–Crippen MR) is 74.1 cm³/mol. The lowest BCUT2D eigenvalue weighted by Crippen LogP contribution is -2.20. The van der Waals surface area contributed by atoms with Gasteiger partial charge in [-0.15, -0.1) is 0 Å². The van der Waals surface area contributed by atoms with Crippen LogP contribution in [0.15, 0.2) is 12.1 Å². The van der Waals surface area contributed by atoms with Gasteiger partial charge in [-0.2, -0.15) is 5.26 Å². The van der Waals surface area contributed by atoms with Gasteiger partial charge < -0.3 is 10.5 Å². The molecule has 1 rings (SSSR count). The van der Waals surface area contributed by atoms with Crippen LogP contribution in [0.3, 0.4) is 0 Å². The molecule has 1 aromatic rings. The lowest BCUT2D eigenvalue weighted by atomic mass is 10.1. The Morgan fingerprint density at radius 2 is 2.11 bits per heavy atom. The monoisotopic (exact) mass is 286 g/mol. The van der Waals surface area contributed by atoms with E-state index in [1.54, 1.807) is 12.1 Å². The zero-order valence-corrected chi connectivity index (χ0v) is 11.9. The van der Waals surface area contributed by atoms with Crippen molar-refractivity contribution < 1.29 is 4.74 Å². The molecule has 1 aromatic carbocycles. The van der Waals surface area contributed by atoms with Gasteiger partial charge in [-0.3, -0.25) is 0 Å². The number of nitriles is 1. The minimum Gasteiger partial charge on any atom is -0.474 e. The summed E-state index contributed by atoms with van der Waals surface area (Å²) >= 11 is 12.1. The van der Waals surface area contributed by atoms with Gasteiger partial charge in [-0.25, -0.2) is 0 Å². The summed E-state index contributed by atoms with van der Waals surface area (Å²) in [6, 6.07) is 5.42. The van der Waals surface area contributed by atoms with Gasteiger partial charge in [-0.1, -0.05) is 30.1 Å². The van der Waals surface area contributed by atoms with Crippen LogP contribution in [0.4, 0.5) is 0 Å². The zero-order valence-electron chi connectivity index (χ0n) is 10.4. The second kappa shape index (κ2) is 6.84. The molecule has 0 aliphatic heterocycles. The Kier molecular flexibility index (Phi) is 5.74. The number of hydrogen-bond donors (Lipinski definition) is 1. The maximum atomic E-state index is 8.94. The molecule has 3 nitrogen and oxygen atoms in total. The first-order valence-electron chi connectivity index (χ1n) is 5.77. The Hall–Kier alpha value is -0.950. The molecule has 0 heterocycles. The van der Waals surface area contributed by atoms with E-state index in [1.807, 2.05) is 13.8 Å². The van der Waals surface area contributed by atoms with E-state index in [0.717, 1.165) is 5.56 Å². The minimum atomic E-state index is -0.518. The second-order valence-corrected chi connectivity index (χ2v) is 5.04. The summed E-state index contributed by atoms with van der Waals surface area (Å²) < 4.78 is 5.62. The maximum Gasteiger partial charge on any atom is 0.184 e. The average molecular weight is 287 g/mol. The molecule has 98 valence electrons. The van der Waals surface area contributed by atoms with Crippen LogP contribution < -0.4 is 10.5 Å². The highest BCUT2D eigenvalue weighted by Gasteiger charge is 2.16. The predicted octanol–water partition coefficient (Wildman–Crippen LogP) is 3.56. The summed E-state index contributed by atoms with van der Waals surface area (Å²) in [7, 11) is 0. The largest absolute Gasteiger partial charge is 0.474 e. The molecule has 18 heavy (non-hydrogen) atoms. The summed E-state index contributed by atoms with van der Waals surface area (Å²) in [6.07, 6.45) is 0.667. The first-order chi connectivity index (χ1) is 8.47. The summed E-state index contributed by atoms with van der Waals surface area (Å²) in [5, 5.41) is 9.88. The lowest BCUT2D eigenvalue weighted by molar-refractivity contribution is 0.249. The normalized spacial score (nSPS) is 13.8. The molecular weight excluding hydrogens is 271 g/mol. The summed E-state index contributed by atoms with van der Waals surface area (Å²) in [5.74, 6) is 0.506. The summed E-state index contributed by atoms with van der Waals surface area (Å²) in [4.78, 5) is 0. The third-order valence-electron chi connectivity index (χ3n) is 2.40. The number of hydrogen-bond acceptors (Lipinski definition) is 3. The lowest BCUT2D eigenvalue weighted by Gasteiger charge is -2.17. The van der Waals surface area contributed by atoms with Crippen LogP contribution in [-0.2, 0) is 6.42 Å². The zero-order chi connectivity index (χ0) is 13.7. The summed E-state index contributed by atoms with van der Waals surface area (Å²) in [6.45, 7) is 3.77. The first-order valence-corrected chi connectivity index (χ1v) is 6.53. The van der Waals surface area contributed by atoms with E-state index < -0.39 is 6.10 Å². The quantitative estimate of drug-likeness (QED) is 0.900. The van der Waals surface area contributed by atoms with E-state index in [1.165, 1.54) is 0 Å². The Balaban J connectivity index is 3.11. The third kappa shape index (κ3) is 4.06. The van der Waals surface area contributed by atoms with Crippen molar-refractivity contribution in [3.8, 4) is 11.8 Å². The van der Waals surface area contributed by atoms with Crippen LogP contribution in [0.5, 0.6) is 5.75 Å². The van der Waals surface area contributed by atoms with Crippen molar-refractivity contribution in [2.75, 3.05) is 0 Å². The highest BCUT2D eigenvalue weighted by atomic mass is 35.5. The molecule has 0 aromatic heterocycles. The molecule has 0 saturated carbocycles.